The fraction of sp³-hybridized carbons (Fsp3) is 0.136. The Balaban J connectivity index is 1.94. The first kappa shape index (κ1) is 19.4. The van der Waals surface area contributed by atoms with Crippen molar-refractivity contribution >= 4 is 23.3 Å². The average molecular weight is 408 g/mol. The van der Waals surface area contributed by atoms with Crippen LogP contribution >= 0.6 is 0 Å². The van der Waals surface area contributed by atoms with E-state index in [-0.39, 0.29) is 17.2 Å². The van der Waals surface area contributed by atoms with Gasteiger partial charge in [-0.3, -0.25) is 14.5 Å². The predicted octanol–water partition coefficient (Wildman–Crippen LogP) is 3.76. The van der Waals surface area contributed by atoms with E-state index < -0.39 is 23.5 Å². The highest BCUT2D eigenvalue weighted by atomic mass is 19.1. The first-order valence-corrected chi connectivity index (χ1v) is 9.05. The second-order valence-corrected chi connectivity index (χ2v) is 6.75. The molecule has 0 spiro atoms. The monoisotopic (exact) mass is 408 g/mol. The zero-order valence-electron chi connectivity index (χ0n) is 16.1. The fourth-order valence-corrected chi connectivity index (χ4v) is 3.42. The maximum atomic E-state index is 13.5. The number of rotatable bonds is 4. The van der Waals surface area contributed by atoms with Gasteiger partial charge in [0.05, 0.1) is 18.7 Å². The number of aromatic nitrogens is 1. The highest BCUT2D eigenvalue weighted by molar-refractivity contribution is 6.51. The van der Waals surface area contributed by atoms with E-state index in [4.69, 9.17) is 9.26 Å². The molecule has 0 unspecified atom stereocenters. The van der Waals surface area contributed by atoms with E-state index in [1.807, 2.05) is 0 Å². The molecule has 4 rings (SSSR count). The third kappa shape index (κ3) is 3.22. The number of carbonyl (C=O) groups excluding carboxylic acids is 2. The summed E-state index contributed by atoms with van der Waals surface area (Å²) in [6, 6.07) is 12.3. The third-order valence-electron chi connectivity index (χ3n) is 4.84. The Hall–Kier alpha value is -3.94. The molecule has 2 aromatic carbocycles. The van der Waals surface area contributed by atoms with E-state index in [1.165, 1.54) is 37.4 Å². The molecule has 1 aromatic heterocycles. The van der Waals surface area contributed by atoms with Crippen molar-refractivity contribution in [2.75, 3.05) is 12.0 Å². The maximum absolute atomic E-state index is 13.5. The molecule has 0 radical (unpaired) electrons. The van der Waals surface area contributed by atoms with Crippen molar-refractivity contribution in [1.82, 2.24) is 5.16 Å². The summed E-state index contributed by atoms with van der Waals surface area (Å²) in [6.07, 6.45) is 0. The zero-order valence-corrected chi connectivity index (χ0v) is 16.1. The summed E-state index contributed by atoms with van der Waals surface area (Å²) >= 11 is 0. The van der Waals surface area contributed by atoms with Crippen LogP contribution in [0.2, 0.25) is 0 Å². The zero-order chi connectivity index (χ0) is 21.4. The molecule has 1 N–H and O–H groups in total. The number of nitrogens with zero attached hydrogens (tertiary/aromatic N) is 2. The molecular weight excluding hydrogens is 391 g/mol. The summed E-state index contributed by atoms with van der Waals surface area (Å²) in [7, 11) is 1.48. The molecule has 0 bridgehead atoms. The predicted molar refractivity (Wildman–Crippen MR) is 105 cm³/mol. The number of halogens is 1. The van der Waals surface area contributed by atoms with Gasteiger partial charge in [0.25, 0.3) is 5.78 Å². The minimum atomic E-state index is -1.01. The molecule has 0 saturated carbocycles. The lowest BCUT2D eigenvalue weighted by Crippen LogP contribution is -2.29. The van der Waals surface area contributed by atoms with E-state index in [1.54, 1.807) is 31.2 Å². The first-order chi connectivity index (χ1) is 14.4. The van der Waals surface area contributed by atoms with Gasteiger partial charge in [-0.05, 0) is 36.8 Å². The van der Waals surface area contributed by atoms with Gasteiger partial charge in [0.1, 0.15) is 23.1 Å². The second kappa shape index (κ2) is 7.47. The van der Waals surface area contributed by atoms with E-state index in [0.717, 1.165) is 4.90 Å². The number of aliphatic hydroxyl groups is 1. The molecule has 7 nitrogen and oxygen atoms in total. The molecule has 1 amide bonds. The van der Waals surface area contributed by atoms with Crippen LogP contribution in [0.25, 0.3) is 5.76 Å². The van der Waals surface area contributed by atoms with E-state index in [2.05, 4.69) is 5.16 Å². The quantitative estimate of drug-likeness (QED) is 0.401. The van der Waals surface area contributed by atoms with Crippen molar-refractivity contribution in [1.29, 1.82) is 0 Å². The number of ketones is 1. The number of aliphatic hydroxyl groups excluding tert-OH is 1. The molecule has 1 atom stereocenters. The summed E-state index contributed by atoms with van der Waals surface area (Å²) in [5, 5.41) is 14.8. The number of hydrogen-bond donors (Lipinski definition) is 1. The molecule has 30 heavy (non-hydrogen) atoms. The third-order valence-corrected chi connectivity index (χ3v) is 4.84. The lowest BCUT2D eigenvalue weighted by molar-refractivity contribution is -0.132. The van der Waals surface area contributed by atoms with Crippen LogP contribution in [-0.4, -0.2) is 29.1 Å². The van der Waals surface area contributed by atoms with E-state index in [9.17, 15) is 19.1 Å². The molecule has 2 heterocycles. The molecule has 3 aromatic rings. The fourth-order valence-electron chi connectivity index (χ4n) is 3.42. The van der Waals surface area contributed by atoms with Gasteiger partial charge in [0.15, 0.2) is 5.82 Å². The Bertz CT molecular complexity index is 1170. The Morgan fingerprint density at radius 2 is 1.90 bits per heavy atom. The lowest BCUT2D eigenvalue weighted by Gasteiger charge is -2.22. The summed E-state index contributed by atoms with van der Waals surface area (Å²) in [6.45, 7) is 1.65. The average Bonchev–Trinajstić information content (AvgIpc) is 3.29. The summed E-state index contributed by atoms with van der Waals surface area (Å²) in [5.74, 6) is -1.57. The highest BCUT2D eigenvalue weighted by Crippen LogP contribution is 2.42. The van der Waals surface area contributed by atoms with Crippen molar-refractivity contribution < 1.29 is 28.3 Å². The molecule has 1 fully saturated rings. The van der Waals surface area contributed by atoms with Gasteiger partial charge in [-0.1, -0.05) is 29.4 Å². The number of anilines is 1. The number of Topliss-reactive ketones (excluding diaryl/α,β-unsaturated/α-hetero) is 1. The Labute approximate surface area is 171 Å². The lowest BCUT2D eigenvalue weighted by atomic mass is 9.95. The standard InChI is InChI=1S/C22H17FN2O5/c1-12-10-17(24-30-12)25-19(13-6-8-15(23)9-7-13)18(21(27)22(25)28)20(26)14-4-3-5-16(11-14)29-2/h3-11,19,26H,1-2H3/b20-18+/t19-/m1/s1. The van der Waals surface area contributed by atoms with Crippen LogP contribution in [0.4, 0.5) is 10.2 Å². The molecule has 1 saturated heterocycles. The molecule has 152 valence electrons. The molecule has 1 aliphatic rings. The van der Waals surface area contributed by atoms with Crippen LogP contribution < -0.4 is 9.64 Å². The summed E-state index contributed by atoms with van der Waals surface area (Å²) < 4.78 is 23.7. The summed E-state index contributed by atoms with van der Waals surface area (Å²) in [5.41, 5.74) is 0.594. The van der Waals surface area contributed by atoms with Gasteiger partial charge in [-0.2, -0.15) is 0 Å². The van der Waals surface area contributed by atoms with Gasteiger partial charge in [-0.25, -0.2) is 4.39 Å². The van der Waals surface area contributed by atoms with Crippen LogP contribution in [0.3, 0.4) is 0 Å². The maximum Gasteiger partial charge on any atom is 0.301 e. The van der Waals surface area contributed by atoms with Crippen LogP contribution in [0.5, 0.6) is 5.75 Å². The number of methoxy groups -OCH3 is 1. The van der Waals surface area contributed by atoms with E-state index in [0.29, 0.717) is 22.6 Å². The van der Waals surface area contributed by atoms with Gasteiger partial charge < -0.3 is 14.4 Å². The Kier molecular flexibility index (Phi) is 4.83. The number of aryl methyl sites for hydroxylation is 1. The smallest absolute Gasteiger partial charge is 0.301 e. The van der Waals surface area contributed by atoms with Gasteiger partial charge in [0.2, 0.25) is 0 Å². The molecular formula is C22H17FN2O5. The minimum absolute atomic E-state index is 0.119. The van der Waals surface area contributed by atoms with Crippen molar-refractivity contribution in [3.8, 4) is 5.75 Å². The molecule has 8 heteroatoms. The van der Waals surface area contributed by atoms with Gasteiger partial charge in [-0.15, -0.1) is 0 Å². The molecule has 1 aliphatic heterocycles. The highest BCUT2D eigenvalue weighted by Gasteiger charge is 2.48. The van der Waals surface area contributed by atoms with Crippen LogP contribution in [0, 0.1) is 12.7 Å². The van der Waals surface area contributed by atoms with Gasteiger partial charge in [0, 0.05) is 11.6 Å². The SMILES string of the molecule is COc1cccc(/C(O)=C2\C(=O)C(=O)N(c3cc(C)on3)[C@@H]2c2ccc(F)cc2)c1. The Morgan fingerprint density at radius 3 is 2.53 bits per heavy atom. The van der Waals surface area contributed by atoms with Crippen molar-refractivity contribution in [3.05, 3.63) is 82.9 Å². The van der Waals surface area contributed by atoms with Gasteiger partial charge >= 0.3 is 5.91 Å². The number of benzene rings is 2. The second-order valence-electron chi connectivity index (χ2n) is 6.75. The first-order valence-electron chi connectivity index (χ1n) is 9.05. The summed E-state index contributed by atoms with van der Waals surface area (Å²) in [4.78, 5) is 27.0. The van der Waals surface area contributed by atoms with Crippen molar-refractivity contribution in [2.45, 2.75) is 13.0 Å². The van der Waals surface area contributed by atoms with E-state index >= 15 is 0 Å². The number of carbonyl (C=O) groups is 2. The van der Waals surface area contributed by atoms with Crippen LogP contribution in [0.15, 0.2) is 64.7 Å². The largest absolute Gasteiger partial charge is 0.507 e. The number of ether oxygens (including phenoxy) is 1. The normalized spacial score (nSPS) is 18.1. The Morgan fingerprint density at radius 1 is 1.17 bits per heavy atom. The number of amides is 1. The van der Waals surface area contributed by atoms with Crippen molar-refractivity contribution in [3.63, 3.8) is 0 Å². The van der Waals surface area contributed by atoms with Crippen molar-refractivity contribution in [2.24, 2.45) is 0 Å². The number of hydrogen-bond acceptors (Lipinski definition) is 6. The molecule has 0 aliphatic carbocycles. The van der Waals surface area contributed by atoms with Crippen LogP contribution in [0.1, 0.15) is 22.9 Å². The van der Waals surface area contributed by atoms with Crippen LogP contribution in [-0.2, 0) is 9.59 Å². The minimum Gasteiger partial charge on any atom is -0.507 e. The topological polar surface area (TPSA) is 92.9 Å².